The van der Waals surface area contributed by atoms with Gasteiger partial charge in [0.15, 0.2) is 5.82 Å². The quantitative estimate of drug-likeness (QED) is 0.528. The highest BCUT2D eigenvalue weighted by Crippen LogP contribution is 2.38. The highest BCUT2D eigenvalue weighted by molar-refractivity contribution is 5.86. The van der Waals surface area contributed by atoms with Crippen LogP contribution in [0.4, 0.5) is 10.2 Å². The van der Waals surface area contributed by atoms with Crippen LogP contribution >= 0.6 is 0 Å². The van der Waals surface area contributed by atoms with E-state index in [9.17, 15) is 14.6 Å². The summed E-state index contributed by atoms with van der Waals surface area (Å²) in [6.45, 7) is 1.48. The molecule has 0 amide bonds. The lowest BCUT2D eigenvalue weighted by molar-refractivity contribution is -0.0166. The monoisotopic (exact) mass is 385 g/mol. The second-order valence-electron chi connectivity index (χ2n) is 7.28. The van der Waals surface area contributed by atoms with Crippen LogP contribution < -0.4 is 15.8 Å². The third kappa shape index (κ3) is 2.55. The van der Waals surface area contributed by atoms with Crippen LogP contribution in [-0.2, 0) is 13.1 Å². The summed E-state index contributed by atoms with van der Waals surface area (Å²) in [6, 6.07) is 5.20. The zero-order valence-corrected chi connectivity index (χ0v) is 14.9. The number of nitrogens with one attached hydrogen (secondary N) is 1. The number of aromatic nitrogens is 3. The van der Waals surface area contributed by atoms with Gasteiger partial charge in [-0.3, -0.25) is 0 Å². The van der Waals surface area contributed by atoms with E-state index in [-0.39, 0.29) is 16.9 Å². The second-order valence-corrected chi connectivity index (χ2v) is 7.28. The summed E-state index contributed by atoms with van der Waals surface area (Å²) < 4.78 is 22.0. The number of hydrogen-bond acceptors (Lipinski definition) is 7. The standard InChI is InChI=1S/C19H20FN5O3/c20-11-7-25(19-15(11)18(21)23-8-24-19)12-4-14(17(27)16(12)26)28-13-3-1-2-9-5-22-6-10(9)13/h1-3,7-8,12,14,16-17,22,26-27H,4-6H2,(H2,21,23,24)/t12-,14+,16-,17+/m0/s1. The molecule has 0 saturated heterocycles. The Kier molecular flexibility index (Phi) is 3.97. The lowest BCUT2D eigenvalue weighted by Gasteiger charge is -2.20. The van der Waals surface area contributed by atoms with Crippen molar-refractivity contribution in [3.05, 3.63) is 47.7 Å². The number of nitrogen functional groups attached to an aromatic ring is 1. The molecular weight excluding hydrogens is 365 g/mol. The van der Waals surface area contributed by atoms with E-state index >= 15 is 0 Å². The smallest absolute Gasteiger partial charge is 0.154 e. The number of ether oxygens (including phenoxy) is 1. The number of fused-ring (bicyclic) bond motifs is 2. The number of aliphatic hydroxyl groups is 2. The number of nitrogens with zero attached hydrogens (tertiary/aromatic N) is 3. The number of benzene rings is 1. The van der Waals surface area contributed by atoms with Crippen molar-refractivity contribution < 1.29 is 19.3 Å². The first kappa shape index (κ1) is 17.4. The number of rotatable bonds is 3. The molecule has 146 valence electrons. The largest absolute Gasteiger partial charge is 0.487 e. The van der Waals surface area contributed by atoms with Crippen molar-refractivity contribution in [2.45, 2.75) is 43.9 Å². The Labute approximate surface area is 159 Å². The van der Waals surface area contributed by atoms with Gasteiger partial charge in [0.1, 0.15) is 41.9 Å². The zero-order chi connectivity index (χ0) is 19.4. The Morgan fingerprint density at radius 1 is 1.21 bits per heavy atom. The van der Waals surface area contributed by atoms with Crippen LogP contribution in [-0.4, -0.2) is 43.1 Å². The van der Waals surface area contributed by atoms with Crippen LogP contribution in [0.1, 0.15) is 23.6 Å². The van der Waals surface area contributed by atoms with E-state index in [1.807, 2.05) is 18.2 Å². The maximum atomic E-state index is 14.4. The Hall–Kier alpha value is -2.75. The molecule has 0 bridgehead atoms. The highest BCUT2D eigenvalue weighted by atomic mass is 19.1. The maximum Gasteiger partial charge on any atom is 0.154 e. The van der Waals surface area contributed by atoms with Gasteiger partial charge in [0.2, 0.25) is 0 Å². The van der Waals surface area contributed by atoms with Gasteiger partial charge in [-0.2, -0.15) is 0 Å². The van der Waals surface area contributed by atoms with Crippen LogP contribution in [0, 0.1) is 5.82 Å². The second kappa shape index (κ2) is 6.40. The van der Waals surface area contributed by atoms with Gasteiger partial charge in [-0.1, -0.05) is 12.1 Å². The van der Waals surface area contributed by atoms with E-state index < -0.39 is 30.2 Å². The number of nitrogens with two attached hydrogens (primary N) is 1. The van der Waals surface area contributed by atoms with Crippen molar-refractivity contribution in [1.82, 2.24) is 19.9 Å². The first-order chi connectivity index (χ1) is 13.5. The molecule has 0 spiro atoms. The maximum absolute atomic E-state index is 14.4. The van der Waals surface area contributed by atoms with Gasteiger partial charge in [-0.05, 0) is 11.6 Å². The molecule has 28 heavy (non-hydrogen) atoms. The third-order valence-corrected chi connectivity index (χ3v) is 5.67. The SMILES string of the molecule is Nc1ncnc2c1c(F)cn2[C@H]1C[C@@H](Oc2cccc3c2CNC3)[C@@H](O)[C@H]1O. The summed E-state index contributed by atoms with van der Waals surface area (Å²) in [7, 11) is 0. The van der Waals surface area contributed by atoms with Crippen LogP contribution in [0.15, 0.2) is 30.7 Å². The zero-order valence-electron chi connectivity index (χ0n) is 14.9. The van der Waals surface area contributed by atoms with Crippen LogP contribution in [0.5, 0.6) is 5.75 Å². The predicted octanol–water partition coefficient (Wildman–Crippen LogP) is 0.870. The molecule has 8 nitrogen and oxygen atoms in total. The highest BCUT2D eigenvalue weighted by Gasteiger charge is 2.45. The van der Waals surface area contributed by atoms with Gasteiger partial charge in [0.05, 0.1) is 11.4 Å². The molecule has 1 aromatic carbocycles. The average Bonchev–Trinajstić information content (AvgIpc) is 3.36. The molecule has 2 aromatic heterocycles. The third-order valence-electron chi connectivity index (χ3n) is 5.67. The summed E-state index contributed by atoms with van der Waals surface area (Å²) in [4.78, 5) is 7.93. The Balaban J connectivity index is 1.47. The van der Waals surface area contributed by atoms with Gasteiger partial charge in [0, 0.05) is 31.3 Å². The number of aliphatic hydroxyl groups excluding tert-OH is 2. The summed E-state index contributed by atoms with van der Waals surface area (Å²) in [6.07, 6.45) is -0.0950. The minimum atomic E-state index is -1.13. The molecule has 4 atom stereocenters. The number of hydrogen-bond donors (Lipinski definition) is 4. The topological polar surface area (TPSA) is 118 Å². The van der Waals surface area contributed by atoms with E-state index in [0.29, 0.717) is 18.7 Å². The van der Waals surface area contributed by atoms with Gasteiger partial charge < -0.3 is 30.6 Å². The van der Waals surface area contributed by atoms with Crippen molar-refractivity contribution in [2.24, 2.45) is 0 Å². The fourth-order valence-electron chi connectivity index (χ4n) is 4.25. The van der Waals surface area contributed by atoms with Crippen LogP contribution in [0.25, 0.3) is 11.0 Å². The molecular formula is C19H20FN5O3. The predicted molar refractivity (Wildman–Crippen MR) is 99.0 cm³/mol. The first-order valence-corrected chi connectivity index (χ1v) is 9.15. The molecule has 0 radical (unpaired) electrons. The molecule has 1 aliphatic heterocycles. The van der Waals surface area contributed by atoms with Crippen LogP contribution in [0.3, 0.4) is 0 Å². The molecule has 1 aliphatic carbocycles. The minimum Gasteiger partial charge on any atom is -0.487 e. The molecule has 0 unspecified atom stereocenters. The lowest BCUT2D eigenvalue weighted by atomic mass is 10.1. The van der Waals surface area contributed by atoms with E-state index in [2.05, 4.69) is 15.3 Å². The van der Waals surface area contributed by atoms with E-state index in [1.54, 1.807) is 0 Å². The first-order valence-electron chi connectivity index (χ1n) is 9.15. The number of halogens is 1. The van der Waals surface area contributed by atoms with Crippen molar-refractivity contribution >= 4 is 16.9 Å². The molecule has 1 fully saturated rings. The van der Waals surface area contributed by atoms with E-state index in [1.165, 1.54) is 17.1 Å². The fraction of sp³-hybridized carbons (Fsp3) is 0.368. The average molecular weight is 385 g/mol. The van der Waals surface area contributed by atoms with Crippen molar-refractivity contribution in [3.63, 3.8) is 0 Å². The Bertz CT molecular complexity index is 1060. The number of anilines is 1. The summed E-state index contributed by atoms with van der Waals surface area (Å²) >= 11 is 0. The molecule has 3 heterocycles. The van der Waals surface area contributed by atoms with E-state index in [4.69, 9.17) is 10.5 Å². The molecule has 5 rings (SSSR count). The summed E-state index contributed by atoms with van der Waals surface area (Å²) in [5, 5.41) is 24.6. The molecule has 9 heteroatoms. The molecule has 1 saturated carbocycles. The Morgan fingerprint density at radius 3 is 2.93 bits per heavy atom. The molecule has 5 N–H and O–H groups in total. The normalized spacial score (nSPS) is 26.7. The van der Waals surface area contributed by atoms with Gasteiger partial charge in [0.25, 0.3) is 0 Å². The fourth-order valence-corrected chi connectivity index (χ4v) is 4.25. The summed E-state index contributed by atoms with van der Waals surface area (Å²) in [5.74, 6) is 0.162. The van der Waals surface area contributed by atoms with Crippen LogP contribution in [0.2, 0.25) is 0 Å². The van der Waals surface area contributed by atoms with Crippen molar-refractivity contribution in [3.8, 4) is 5.75 Å². The molecule has 3 aromatic rings. The van der Waals surface area contributed by atoms with Gasteiger partial charge in [-0.25, -0.2) is 14.4 Å². The van der Waals surface area contributed by atoms with Gasteiger partial charge in [-0.15, -0.1) is 0 Å². The van der Waals surface area contributed by atoms with Crippen molar-refractivity contribution in [1.29, 1.82) is 0 Å². The minimum absolute atomic E-state index is 0.0365. The lowest BCUT2D eigenvalue weighted by Crippen LogP contribution is -2.34. The van der Waals surface area contributed by atoms with Crippen molar-refractivity contribution in [2.75, 3.05) is 5.73 Å². The molecule has 2 aliphatic rings. The van der Waals surface area contributed by atoms with Gasteiger partial charge >= 0.3 is 0 Å². The van der Waals surface area contributed by atoms with E-state index in [0.717, 1.165) is 17.7 Å². The summed E-state index contributed by atoms with van der Waals surface area (Å²) in [5.41, 5.74) is 8.27. The Morgan fingerprint density at radius 2 is 2.07 bits per heavy atom.